The molecule has 104 valence electrons. The van der Waals surface area contributed by atoms with E-state index in [-0.39, 0.29) is 11.3 Å². The number of amides is 2. The quantitative estimate of drug-likeness (QED) is 0.767. The summed E-state index contributed by atoms with van der Waals surface area (Å²) in [4.78, 5) is 22.9. The van der Waals surface area contributed by atoms with Crippen molar-refractivity contribution >= 4 is 17.7 Å². The Hall–Kier alpha value is -2.75. The van der Waals surface area contributed by atoms with E-state index < -0.39 is 17.5 Å². The first kappa shape index (κ1) is 13.7. The van der Waals surface area contributed by atoms with Gasteiger partial charge in [0.25, 0.3) is 0 Å². The zero-order valence-electron chi connectivity index (χ0n) is 10.8. The van der Waals surface area contributed by atoms with Crippen LogP contribution in [0.25, 0.3) is 0 Å². The van der Waals surface area contributed by atoms with E-state index in [1.807, 2.05) is 6.07 Å². The molecular weight excluding hydrogens is 262 g/mol. The predicted octanol–water partition coefficient (Wildman–Crippen LogP) is 1.31. The van der Waals surface area contributed by atoms with Crippen LogP contribution in [0.1, 0.15) is 18.4 Å². The maximum Gasteiger partial charge on any atom is 0.329 e. The number of carboxylic acid groups (broad SMARTS) is 1. The molecule has 2 amide bonds. The van der Waals surface area contributed by atoms with Crippen LogP contribution in [-0.4, -0.2) is 29.8 Å². The van der Waals surface area contributed by atoms with E-state index in [1.165, 1.54) is 13.2 Å². The SMILES string of the molecule is COc1cccc(C#N)c1NC(=O)NC1(C(=O)O)CC1. The number of aliphatic carboxylic acids is 1. The Labute approximate surface area is 115 Å². The van der Waals surface area contributed by atoms with E-state index >= 15 is 0 Å². The van der Waals surface area contributed by atoms with Gasteiger partial charge in [0.1, 0.15) is 23.0 Å². The molecular formula is C13H13N3O4. The highest BCUT2D eigenvalue weighted by Crippen LogP contribution is 2.36. The third-order valence-corrected chi connectivity index (χ3v) is 3.12. The van der Waals surface area contributed by atoms with Crippen molar-refractivity contribution in [3.05, 3.63) is 23.8 Å². The first-order chi connectivity index (χ1) is 9.52. The normalized spacial score (nSPS) is 14.8. The molecule has 1 saturated carbocycles. The van der Waals surface area contributed by atoms with Crippen LogP contribution in [0.3, 0.4) is 0 Å². The van der Waals surface area contributed by atoms with Gasteiger partial charge in [-0.2, -0.15) is 5.26 Å². The fraction of sp³-hybridized carbons (Fsp3) is 0.308. The first-order valence-electron chi connectivity index (χ1n) is 5.92. The van der Waals surface area contributed by atoms with Gasteiger partial charge in [0.05, 0.1) is 12.7 Å². The van der Waals surface area contributed by atoms with Gasteiger partial charge >= 0.3 is 12.0 Å². The summed E-state index contributed by atoms with van der Waals surface area (Å²) < 4.78 is 5.07. The molecule has 0 aromatic heterocycles. The standard InChI is InChI=1S/C13H13N3O4/c1-20-9-4-2-3-8(7-14)10(9)15-12(19)16-13(5-6-13)11(17)18/h2-4H,5-6H2,1H3,(H,17,18)(H2,15,16,19). The lowest BCUT2D eigenvalue weighted by atomic mass is 10.2. The molecule has 7 nitrogen and oxygen atoms in total. The number of nitriles is 1. The Balaban J connectivity index is 2.16. The van der Waals surface area contributed by atoms with Crippen LogP contribution in [0.15, 0.2) is 18.2 Å². The lowest BCUT2D eigenvalue weighted by Crippen LogP contribution is -2.45. The smallest absolute Gasteiger partial charge is 0.329 e. The highest BCUT2D eigenvalue weighted by molar-refractivity contribution is 5.97. The van der Waals surface area contributed by atoms with Gasteiger partial charge in [-0.3, -0.25) is 0 Å². The summed E-state index contributed by atoms with van der Waals surface area (Å²) in [6, 6.07) is 6.02. The van der Waals surface area contributed by atoms with Crippen molar-refractivity contribution in [2.45, 2.75) is 18.4 Å². The van der Waals surface area contributed by atoms with Gasteiger partial charge in [-0.05, 0) is 25.0 Å². The number of carboxylic acids is 1. The van der Waals surface area contributed by atoms with Gasteiger partial charge in [-0.25, -0.2) is 9.59 Å². The van der Waals surface area contributed by atoms with Crippen molar-refractivity contribution < 1.29 is 19.4 Å². The van der Waals surface area contributed by atoms with E-state index in [1.54, 1.807) is 12.1 Å². The van der Waals surface area contributed by atoms with Crippen molar-refractivity contribution in [3.63, 3.8) is 0 Å². The number of benzene rings is 1. The van der Waals surface area contributed by atoms with Gasteiger partial charge in [0, 0.05) is 0 Å². The largest absolute Gasteiger partial charge is 0.495 e. The fourth-order valence-corrected chi connectivity index (χ4v) is 1.80. The van der Waals surface area contributed by atoms with Gasteiger partial charge in [0.15, 0.2) is 0 Å². The van der Waals surface area contributed by atoms with Crippen LogP contribution in [0, 0.1) is 11.3 Å². The van der Waals surface area contributed by atoms with Gasteiger partial charge < -0.3 is 20.5 Å². The van der Waals surface area contributed by atoms with Crippen molar-refractivity contribution in [3.8, 4) is 11.8 Å². The predicted molar refractivity (Wildman–Crippen MR) is 69.5 cm³/mol. The van der Waals surface area contributed by atoms with E-state index in [0.29, 0.717) is 18.6 Å². The summed E-state index contributed by atoms with van der Waals surface area (Å²) in [6.45, 7) is 0. The molecule has 7 heteroatoms. The maximum absolute atomic E-state index is 11.9. The molecule has 1 aromatic carbocycles. The average Bonchev–Trinajstić information content (AvgIpc) is 3.19. The number of hydrogen-bond acceptors (Lipinski definition) is 4. The number of nitrogens with one attached hydrogen (secondary N) is 2. The molecule has 3 N–H and O–H groups in total. The number of nitrogens with zero attached hydrogens (tertiary/aromatic N) is 1. The molecule has 2 rings (SSSR count). The van der Waals surface area contributed by atoms with Gasteiger partial charge in [-0.1, -0.05) is 6.07 Å². The second-order valence-electron chi connectivity index (χ2n) is 4.46. The van der Waals surface area contributed by atoms with Crippen molar-refractivity contribution in [2.75, 3.05) is 12.4 Å². The van der Waals surface area contributed by atoms with E-state index in [2.05, 4.69) is 10.6 Å². The minimum absolute atomic E-state index is 0.219. The molecule has 0 radical (unpaired) electrons. The molecule has 0 saturated heterocycles. The Bertz CT molecular complexity index is 602. The van der Waals surface area contributed by atoms with Crippen molar-refractivity contribution in [1.82, 2.24) is 5.32 Å². The third-order valence-electron chi connectivity index (χ3n) is 3.12. The number of urea groups is 1. The highest BCUT2D eigenvalue weighted by atomic mass is 16.5. The monoisotopic (exact) mass is 275 g/mol. The zero-order chi connectivity index (χ0) is 14.8. The number of carbonyl (C=O) groups excluding carboxylic acids is 1. The fourth-order valence-electron chi connectivity index (χ4n) is 1.80. The van der Waals surface area contributed by atoms with Crippen molar-refractivity contribution in [1.29, 1.82) is 5.26 Å². The Morgan fingerprint density at radius 1 is 1.45 bits per heavy atom. The molecule has 1 aromatic rings. The molecule has 0 spiro atoms. The average molecular weight is 275 g/mol. The number of hydrogen-bond donors (Lipinski definition) is 3. The number of para-hydroxylation sites is 1. The molecule has 1 aliphatic carbocycles. The molecule has 0 unspecified atom stereocenters. The first-order valence-corrected chi connectivity index (χ1v) is 5.92. The van der Waals surface area contributed by atoms with Gasteiger partial charge in [0.2, 0.25) is 0 Å². The van der Waals surface area contributed by atoms with E-state index in [0.717, 1.165) is 0 Å². The molecule has 1 fully saturated rings. The maximum atomic E-state index is 11.9. The summed E-state index contributed by atoms with van der Waals surface area (Å²) >= 11 is 0. The molecule has 20 heavy (non-hydrogen) atoms. The van der Waals surface area contributed by atoms with Crippen LogP contribution >= 0.6 is 0 Å². The van der Waals surface area contributed by atoms with Crippen molar-refractivity contribution in [2.24, 2.45) is 0 Å². The van der Waals surface area contributed by atoms with Gasteiger partial charge in [-0.15, -0.1) is 0 Å². The molecule has 0 bridgehead atoms. The summed E-state index contributed by atoms with van der Waals surface area (Å²) in [6.07, 6.45) is 0.791. The minimum atomic E-state index is -1.18. The van der Waals surface area contributed by atoms with Crippen LogP contribution in [0.2, 0.25) is 0 Å². The summed E-state index contributed by atoms with van der Waals surface area (Å²) in [5.74, 6) is -0.729. The summed E-state index contributed by atoms with van der Waals surface area (Å²) in [7, 11) is 1.42. The number of anilines is 1. The van der Waals surface area contributed by atoms with Crippen LogP contribution < -0.4 is 15.4 Å². The summed E-state index contributed by atoms with van der Waals surface area (Å²) in [5.41, 5.74) is -0.727. The Morgan fingerprint density at radius 2 is 2.15 bits per heavy atom. The molecule has 0 aliphatic heterocycles. The third kappa shape index (κ3) is 2.49. The Kier molecular flexibility index (Phi) is 3.48. The van der Waals surface area contributed by atoms with Crippen LogP contribution in [0.4, 0.5) is 10.5 Å². The van der Waals surface area contributed by atoms with E-state index in [4.69, 9.17) is 15.1 Å². The summed E-state index contributed by atoms with van der Waals surface area (Å²) in [5, 5.41) is 22.9. The van der Waals surface area contributed by atoms with Crippen LogP contribution in [-0.2, 0) is 4.79 Å². The number of rotatable bonds is 4. The second kappa shape index (κ2) is 5.09. The Morgan fingerprint density at radius 3 is 2.65 bits per heavy atom. The molecule has 0 heterocycles. The number of carbonyl (C=O) groups is 2. The van der Waals surface area contributed by atoms with E-state index in [9.17, 15) is 9.59 Å². The highest BCUT2D eigenvalue weighted by Gasteiger charge is 2.51. The lowest BCUT2D eigenvalue weighted by Gasteiger charge is -2.15. The second-order valence-corrected chi connectivity index (χ2v) is 4.46. The van der Waals surface area contributed by atoms with Crippen LogP contribution in [0.5, 0.6) is 5.75 Å². The molecule has 0 atom stereocenters. The number of ether oxygens (including phenoxy) is 1. The topological polar surface area (TPSA) is 111 Å². The number of methoxy groups -OCH3 is 1. The zero-order valence-corrected chi connectivity index (χ0v) is 10.8. The lowest BCUT2D eigenvalue weighted by molar-refractivity contribution is -0.140. The minimum Gasteiger partial charge on any atom is -0.495 e. The molecule has 1 aliphatic rings.